The van der Waals surface area contributed by atoms with Crippen LogP contribution in [0.1, 0.15) is 30.3 Å². The van der Waals surface area contributed by atoms with Crippen molar-refractivity contribution in [1.82, 2.24) is 14.1 Å². The average molecular weight is 365 g/mol. The van der Waals surface area contributed by atoms with Gasteiger partial charge >= 0.3 is 5.97 Å². The third kappa shape index (κ3) is 4.26. The van der Waals surface area contributed by atoms with E-state index < -0.39 is 16.0 Å². The van der Waals surface area contributed by atoms with Crippen LogP contribution in [0.2, 0.25) is 0 Å². The van der Waals surface area contributed by atoms with E-state index in [1.165, 1.54) is 8.99 Å². The molecular formula is C17H23N3O4S. The average Bonchev–Trinajstić information content (AvgIpc) is 2.81. The molecule has 7 nitrogen and oxygen atoms in total. The Morgan fingerprint density at radius 3 is 2.44 bits per heavy atom. The van der Waals surface area contributed by atoms with Crippen molar-refractivity contribution in [3.63, 3.8) is 0 Å². The lowest BCUT2D eigenvalue weighted by Crippen LogP contribution is -2.32. The second-order valence-electron chi connectivity index (χ2n) is 5.88. The molecule has 0 unspecified atom stereocenters. The number of benzene rings is 1. The summed E-state index contributed by atoms with van der Waals surface area (Å²) in [4.78, 5) is 11.0. The number of carboxylic acid groups (broad SMARTS) is 1. The molecule has 0 spiro atoms. The molecule has 0 aliphatic heterocycles. The maximum absolute atomic E-state index is 13.2. The molecule has 0 fully saturated rings. The van der Waals surface area contributed by atoms with Gasteiger partial charge in [-0.05, 0) is 25.8 Å². The molecule has 2 aromatic rings. The lowest BCUT2D eigenvalue weighted by atomic mass is 10.2. The van der Waals surface area contributed by atoms with Crippen molar-refractivity contribution >= 4 is 16.0 Å². The quantitative estimate of drug-likeness (QED) is 0.774. The zero-order valence-corrected chi connectivity index (χ0v) is 15.5. The van der Waals surface area contributed by atoms with Crippen LogP contribution in [-0.2, 0) is 27.9 Å². The van der Waals surface area contributed by atoms with Crippen LogP contribution < -0.4 is 0 Å². The molecule has 8 heteroatoms. The molecule has 0 aliphatic carbocycles. The summed E-state index contributed by atoms with van der Waals surface area (Å²) in [6, 6.07) is 9.38. The number of hydrogen-bond donors (Lipinski definition) is 1. The van der Waals surface area contributed by atoms with E-state index in [2.05, 4.69) is 5.10 Å². The summed E-state index contributed by atoms with van der Waals surface area (Å²) >= 11 is 0. The highest BCUT2D eigenvalue weighted by molar-refractivity contribution is 7.89. The number of sulfonamides is 1. The van der Waals surface area contributed by atoms with E-state index in [-0.39, 0.29) is 18.0 Å². The maximum Gasteiger partial charge on any atom is 0.325 e. The van der Waals surface area contributed by atoms with Gasteiger partial charge in [0.15, 0.2) is 0 Å². The molecule has 0 radical (unpaired) electrons. The van der Waals surface area contributed by atoms with Crippen molar-refractivity contribution in [3.05, 3.63) is 47.3 Å². The van der Waals surface area contributed by atoms with Crippen LogP contribution >= 0.6 is 0 Å². The summed E-state index contributed by atoms with van der Waals surface area (Å²) in [5.41, 5.74) is 1.55. The second kappa shape index (κ2) is 7.79. The van der Waals surface area contributed by atoms with Gasteiger partial charge in [0.05, 0.1) is 11.4 Å². The smallest absolute Gasteiger partial charge is 0.325 e. The molecule has 25 heavy (non-hydrogen) atoms. The topological polar surface area (TPSA) is 92.5 Å². The molecule has 1 aromatic carbocycles. The highest BCUT2D eigenvalue weighted by Crippen LogP contribution is 2.25. The van der Waals surface area contributed by atoms with Crippen LogP contribution in [0.15, 0.2) is 35.2 Å². The Morgan fingerprint density at radius 2 is 1.88 bits per heavy atom. The zero-order chi connectivity index (χ0) is 18.6. The molecule has 0 bridgehead atoms. The van der Waals surface area contributed by atoms with E-state index in [0.717, 1.165) is 5.56 Å². The van der Waals surface area contributed by atoms with Crippen LogP contribution in [-0.4, -0.2) is 40.1 Å². The fourth-order valence-electron chi connectivity index (χ4n) is 2.79. The first-order chi connectivity index (χ1) is 11.8. The third-order valence-electron chi connectivity index (χ3n) is 3.87. The van der Waals surface area contributed by atoms with Crippen LogP contribution in [0.4, 0.5) is 0 Å². The summed E-state index contributed by atoms with van der Waals surface area (Å²) in [5.74, 6) is -1.07. The monoisotopic (exact) mass is 365 g/mol. The number of carbonyl (C=O) groups is 1. The normalized spacial score (nSPS) is 11.8. The predicted octanol–water partition coefficient (Wildman–Crippen LogP) is 2.19. The molecule has 136 valence electrons. The van der Waals surface area contributed by atoms with E-state index in [4.69, 9.17) is 5.11 Å². The van der Waals surface area contributed by atoms with Gasteiger partial charge < -0.3 is 5.11 Å². The molecule has 0 atom stereocenters. The minimum absolute atomic E-state index is 0.0955. The molecule has 1 aromatic heterocycles. The minimum Gasteiger partial charge on any atom is -0.480 e. The molecule has 0 saturated heterocycles. The van der Waals surface area contributed by atoms with Crippen molar-refractivity contribution < 1.29 is 18.3 Å². The Kier molecular flexibility index (Phi) is 5.97. The SMILES string of the molecule is CCCN(Cc1ccccc1)S(=O)(=O)c1c(C)nn(CC(=O)O)c1C. The highest BCUT2D eigenvalue weighted by atomic mass is 32.2. The summed E-state index contributed by atoms with van der Waals surface area (Å²) in [7, 11) is -3.78. The number of aryl methyl sites for hydroxylation is 1. The third-order valence-corrected chi connectivity index (χ3v) is 5.97. The summed E-state index contributed by atoms with van der Waals surface area (Å²) in [5, 5.41) is 13.1. The van der Waals surface area contributed by atoms with Crippen LogP contribution in [0.5, 0.6) is 0 Å². The van der Waals surface area contributed by atoms with E-state index in [1.807, 2.05) is 37.3 Å². The lowest BCUT2D eigenvalue weighted by molar-refractivity contribution is -0.137. The molecular weight excluding hydrogens is 342 g/mol. The number of aromatic nitrogens is 2. The van der Waals surface area contributed by atoms with Gasteiger partial charge in [-0.25, -0.2) is 8.42 Å². The van der Waals surface area contributed by atoms with E-state index in [9.17, 15) is 13.2 Å². The van der Waals surface area contributed by atoms with Gasteiger partial charge in [-0.15, -0.1) is 0 Å². The Morgan fingerprint density at radius 1 is 1.24 bits per heavy atom. The van der Waals surface area contributed by atoms with Crippen molar-refractivity contribution in [2.24, 2.45) is 0 Å². The summed E-state index contributed by atoms with van der Waals surface area (Å²) in [6.45, 7) is 5.36. The molecule has 0 amide bonds. The zero-order valence-electron chi connectivity index (χ0n) is 14.6. The van der Waals surface area contributed by atoms with E-state index >= 15 is 0 Å². The Labute approximate surface area is 147 Å². The fraction of sp³-hybridized carbons (Fsp3) is 0.412. The fourth-order valence-corrected chi connectivity index (χ4v) is 4.68. The maximum atomic E-state index is 13.2. The second-order valence-corrected chi connectivity index (χ2v) is 7.75. The molecule has 1 heterocycles. The van der Waals surface area contributed by atoms with Crippen molar-refractivity contribution in [1.29, 1.82) is 0 Å². The van der Waals surface area contributed by atoms with Crippen LogP contribution in [0.3, 0.4) is 0 Å². The number of carboxylic acids is 1. The molecule has 0 aliphatic rings. The first kappa shape index (κ1) is 19.1. The first-order valence-corrected chi connectivity index (χ1v) is 9.51. The van der Waals surface area contributed by atoms with Crippen LogP contribution in [0.25, 0.3) is 0 Å². The number of rotatable bonds is 8. The Bertz CT molecular complexity index is 844. The van der Waals surface area contributed by atoms with Crippen molar-refractivity contribution in [3.8, 4) is 0 Å². The largest absolute Gasteiger partial charge is 0.480 e. The first-order valence-electron chi connectivity index (χ1n) is 8.07. The van der Waals surface area contributed by atoms with Gasteiger partial charge in [0.1, 0.15) is 11.4 Å². The van der Waals surface area contributed by atoms with E-state index in [1.54, 1.807) is 13.8 Å². The molecule has 2 rings (SSSR count). The predicted molar refractivity (Wildman–Crippen MR) is 93.7 cm³/mol. The minimum atomic E-state index is -3.78. The molecule has 0 saturated carbocycles. The standard InChI is InChI=1S/C17H23N3O4S/c1-4-10-19(11-15-8-6-5-7-9-15)25(23,24)17-13(2)18-20(14(17)3)12-16(21)22/h5-9H,4,10-12H2,1-3H3,(H,21,22). The van der Waals surface area contributed by atoms with Gasteiger partial charge in [0.2, 0.25) is 10.0 Å². The summed E-state index contributed by atoms with van der Waals surface area (Å²) in [6.07, 6.45) is 0.674. The van der Waals surface area contributed by atoms with Crippen molar-refractivity contribution in [2.45, 2.75) is 45.2 Å². The van der Waals surface area contributed by atoms with Gasteiger partial charge in [0.25, 0.3) is 0 Å². The van der Waals surface area contributed by atoms with Gasteiger partial charge in [-0.1, -0.05) is 37.3 Å². The number of aliphatic carboxylic acids is 1. The van der Waals surface area contributed by atoms with Gasteiger partial charge in [0, 0.05) is 13.1 Å². The summed E-state index contributed by atoms with van der Waals surface area (Å²) < 4.78 is 29.0. The van der Waals surface area contributed by atoms with Crippen molar-refractivity contribution in [2.75, 3.05) is 6.54 Å². The Balaban J connectivity index is 2.43. The van der Waals surface area contributed by atoms with Gasteiger partial charge in [-0.3, -0.25) is 9.48 Å². The number of nitrogens with zero attached hydrogens (tertiary/aromatic N) is 3. The molecule has 1 N–H and O–H groups in total. The Hall–Kier alpha value is -2.19. The highest BCUT2D eigenvalue weighted by Gasteiger charge is 2.31. The van der Waals surface area contributed by atoms with Gasteiger partial charge in [-0.2, -0.15) is 9.40 Å². The number of hydrogen-bond acceptors (Lipinski definition) is 4. The lowest BCUT2D eigenvalue weighted by Gasteiger charge is -2.22. The van der Waals surface area contributed by atoms with Crippen LogP contribution in [0, 0.1) is 13.8 Å². The van der Waals surface area contributed by atoms with E-state index in [0.29, 0.717) is 24.4 Å².